The van der Waals surface area contributed by atoms with Crippen molar-refractivity contribution >= 4 is 17.5 Å². The van der Waals surface area contributed by atoms with Gasteiger partial charge in [-0.15, -0.1) is 0 Å². The molecule has 0 aliphatic carbocycles. The summed E-state index contributed by atoms with van der Waals surface area (Å²) in [5.74, 6) is 0.282. The van der Waals surface area contributed by atoms with E-state index in [1.807, 2.05) is 48.5 Å². The van der Waals surface area contributed by atoms with Crippen LogP contribution in [0.4, 0.5) is 5.69 Å². The number of hydrogen-bond donors (Lipinski definition) is 2. The molecule has 0 aliphatic heterocycles. The SMILES string of the molecule is CNC(=O)c1cccc(NC(=O)c2ccccc2COc2ccccc2)c1. The van der Waals surface area contributed by atoms with Crippen LogP contribution < -0.4 is 15.4 Å². The number of hydrogen-bond acceptors (Lipinski definition) is 3. The molecule has 2 amide bonds. The van der Waals surface area contributed by atoms with Gasteiger partial charge in [0.25, 0.3) is 11.8 Å². The van der Waals surface area contributed by atoms with Crippen LogP contribution >= 0.6 is 0 Å². The molecule has 3 aromatic carbocycles. The molecular weight excluding hydrogens is 340 g/mol. The van der Waals surface area contributed by atoms with Crippen LogP contribution in [0.1, 0.15) is 26.3 Å². The van der Waals surface area contributed by atoms with Crippen LogP contribution in [0.25, 0.3) is 0 Å². The molecule has 0 radical (unpaired) electrons. The van der Waals surface area contributed by atoms with Crippen molar-refractivity contribution in [1.29, 1.82) is 0 Å². The van der Waals surface area contributed by atoms with E-state index in [9.17, 15) is 9.59 Å². The molecule has 3 aromatic rings. The smallest absolute Gasteiger partial charge is 0.256 e. The van der Waals surface area contributed by atoms with Crippen LogP contribution in [0.3, 0.4) is 0 Å². The lowest BCUT2D eigenvalue weighted by Gasteiger charge is -2.12. The van der Waals surface area contributed by atoms with E-state index in [0.717, 1.165) is 11.3 Å². The highest BCUT2D eigenvalue weighted by atomic mass is 16.5. The van der Waals surface area contributed by atoms with Crippen LogP contribution in [0.5, 0.6) is 5.75 Å². The minimum Gasteiger partial charge on any atom is -0.489 e. The largest absolute Gasteiger partial charge is 0.489 e. The van der Waals surface area contributed by atoms with Crippen molar-refractivity contribution in [2.75, 3.05) is 12.4 Å². The Morgan fingerprint density at radius 3 is 2.37 bits per heavy atom. The molecule has 27 heavy (non-hydrogen) atoms. The molecular formula is C22H20N2O3. The van der Waals surface area contributed by atoms with E-state index in [1.165, 1.54) is 0 Å². The molecule has 0 aromatic heterocycles. The van der Waals surface area contributed by atoms with Crippen LogP contribution in [0, 0.1) is 0 Å². The summed E-state index contributed by atoms with van der Waals surface area (Å²) in [6, 6.07) is 23.5. The maximum atomic E-state index is 12.7. The summed E-state index contributed by atoms with van der Waals surface area (Å²) < 4.78 is 5.77. The minimum atomic E-state index is -0.253. The van der Waals surface area contributed by atoms with Crippen molar-refractivity contribution in [3.05, 3.63) is 95.6 Å². The van der Waals surface area contributed by atoms with Crippen LogP contribution in [-0.4, -0.2) is 18.9 Å². The Morgan fingerprint density at radius 2 is 1.59 bits per heavy atom. The van der Waals surface area contributed by atoms with E-state index < -0.39 is 0 Å². The Balaban J connectivity index is 1.74. The molecule has 5 heteroatoms. The number of carbonyl (C=O) groups is 2. The van der Waals surface area contributed by atoms with E-state index in [0.29, 0.717) is 16.8 Å². The Labute approximate surface area is 158 Å². The number of amides is 2. The minimum absolute atomic E-state index is 0.206. The molecule has 2 N–H and O–H groups in total. The van der Waals surface area contributed by atoms with Gasteiger partial charge in [0, 0.05) is 29.4 Å². The maximum Gasteiger partial charge on any atom is 0.256 e. The predicted octanol–water partition coefficient (Wildman–Crippen LogP) is 3.88. The van der Waals surface area contributed by atoms with Gasteiger partial charge < -0.3 is 15.4 Å². The van der Waals surface area contributed by atoms with Crippen LogP contribution in [0.15, 0.2) is 78.9 Å². The van der Waals surface area contributed by atoms with Gasteiger partial charge in [0.15, 0.2) is 0 Å². The zero-order chi connectivity index (χ0) is 19.1. The van der Waals surface area contributed by atoms with E-state index >= 15 is 0 Å². The van der Waals surface area contributed by atoms with Crippen molar-refractivity contribution in [3.8, 4) is 5.75 Å². The topological polar surface area (TPSA) is 67.4 Å². The second-order valence-electron chi connectivity index (χ2n) is 5.87. The van der Waals surface area contributed by atoms with Crippen molar-refractivity contribution in [3.63, 3.8) is 0 Å². The van der Waals surface area contributed by atoms with Crippen LogP contribution in [0.2, 0.25) is 0 Å². The number of ether oxygens (including phenoxy) is 1. The van der Waals surface area contributed by atoms with Gasteiger partial charge in [0.05, 0.1) is 0 Å². The highest BCUT2D eigenvalue weighted by Crippen LogP contribution is 2.17. The Morgan fingerprint density at radius 1 is 0.852 bits per heavy atom. The zero-order valence-electron chi connectivity index (χ0n) is 14.9. The lowest BCUT2D eigenvalue weighted by atomic mass is 10.1. The summed E-state index contributed by atoms with van der Waals surface area (Å²) in [5.41, 5.74) is 2.34. The second-order valence-corrected chi connectivity index (χ2v) is 5.87. The molecule has 3 rings (SSSR count). The molecule has 0 fully saturated rings. The zero-order valence-corrected chi connectivity index (χ0v) is 14.9. The quantitative estimate of drug-likeness (QED) is 0.701. The third-order valence-electron chi connectivity index (χ3n) is 4.01. The molecule has 0 spiro atoms. The summed E-state index contributed by atoms with van der Waals surface area (Å²) in [7, 11) is 1.57. The molecule has 0 atom stereocenters. The van der Waals surface area contributed by atoms with E-state index in [1.54, 1.807) is 37.4 Å². The molecule has 5 nitrogen and oxygen atoms in total. The average molecular weight is 360 g/mol. The second kappa shape index (κ2) is 8.67. The Kier molecular flexibility index (Phi) is 5.84. The first-order valence-corrected chi connectivity index (χ1v) is 8.56. The van der Waals surface area contributed by atoms with Gasteiger partial charge in [0.2, 0.25) is 0 Å². The van der Waals surface area contributed by atoms with Crippen molar-refractivity contribution in [1.82, 2.24) is 5.32 Å². The van der Waals surface area contributed by atoms with Gasteiger partial charge >= 0.3 is 0 Å². The fraction of sp³-hybridized carbons (Fsp3) is 0.0909. The Hall–Kier alpha value is -3.60. The van der Waals surface area contributed by atoms with Gasteiger partial charge in [-0.2, -0.15) is 0 Å². The third kappa shape index (κ3) is 4.73. The van der Waals surface area contributed by atoms with Crippen molar-refractivity contribution in [2.45, 2.75) is 6.61 Å². The highest BCUT2D eigenvalue weighted by molar-refractivity contribution is 6.06. The highest BCUT2D eigenvalue weighted by Gasteiger charge is 2.13. The van der Waals surface area contributed by atoms with Gasteiger partial charge in [-0.25, -0.2) is 0 Å². The van der Waals surface area contributed by atoms with Gasteiger partial charge in [0.1, 0.15) is 12.4 Å². The molecule has 0 heterocycles. The summed E-state index contributed by atoms with van der Waals surface area (Å²) in [4.78, 5) is 24.5. The maximum absolute atomic E-state index is 12.7. The van der Waals surface area contributed by atoms with Crippen LogP contribution in [-0.2, 0) is 6.61 Å². The summed E-state index contributed by atoms with van der Waals surface area (Å²) in [6.45, 7) is 0.284. The number of anilines is 1. The predicted molar refractivity (Wildman–Crippen MR) is 105 cm³/mol. The first kappa shape index (κ1) is 18.2. The summed E-state index contributed by atoms with van der Waals surface area (Å²) in [6.07, 6.45) is 0. The number of carbonyl (C=O) groups excluding carboxylic acids is 2. The fourth-order valence-corrected chi connectivity index (χ4v) is 2.63. The molecule has 0 saturated heterocycles. The van der Waals surface area contributed by atoms with Crippen molar-refractivity contribution < 1.29 is 14.3 Å². The first-order valence-electron chi connectivity index (χ1n) is 8.56. The normalized spacial score (nSPS) is 10.1. The monoisotopic (exact) mass is 360 g/mol. The van der Waals surface area contributed by atoms with E-state index in [2.05, 4.69) is 10.6 Å². The van der Waals surface area contributed by atoms with Gasteiger partial charge in [-0.3, -0.25) is 9.59 Å². The lowest BCUT2D eigenvalue weighted by molar-refractivity contribution is 0.0961. The number of benzene rings is 3. The van der Waals surface area contributed by atoms with Gasteiger partial charge in [-0.1, -0.05) is 42.5 Å². The molecule has 136 valence electrons. The average Bonchev–Trinajstić information content (AvgIpc) is 2.72. The first-order chi connectivity index (χ1) is 13.2. The van der Waals surface area contributed by atoms with Crippen molar-refractivity contribution in [2.24, 2.45) is 0 Å². The number of nitrogens with one attached hydrogen (secondary N) is 2. The van der Waals surface area contributed by atoms with E-state index in [-0.39, 0.29) is 18.4 Å². The number of para-hydroxylation sites is 1. The Bertz CT molecular complexity index is 939. The third-order valence-corrected chi connectivity index (χ3v) is 4.01. The molecule has 0 aliphatic rings. The summed E-state index contributed by atoms with van der Waals surface area (Å²) in [5, 5.41) is 5.41. The van der Waals surface area contributed by atoms with Gasteiger partial charge in [-0.05, 0) is 36.4 Å². The summed E-state index contributed by atoms with van der Waals surface area (Å²) >= 11 is 0. The number of rotatable bonds is 6. The molecule has 0 saturated carbocycles. The molecule has 0 unspecified atom stereocenters. The van der Waals surface area contributed by atoms with E-state index in [4.69, 9.17) is 4.74 Å². The lowest BCUT2D eigenvalue weighted by Crippen LogP contribution is -2.19. The molecule has 0 bridgehead atoms. The standard InChI is InChI=1S/C22H20N2O3/c1-23-21(25)16-9-7-10-18(14-16)24-22(26)20-13-6-5-8-17(20)15-27-19-11-3-2-4-12-19/h2-14H,15H2,1H3,(H,23,25)(H,24,26). The fourth-order valence-electron chi connectivity index (χ4n) is 2.63.